The molecular weight excluding hydrogens is 172 g/mol. The summed E-state index contributed by atoms with van der Waals surface area (Å²) in [4.78, 5) is 0. The van der Waals surface area contributed by atoms with Gasteiger partial charge in [-0.05, 0) is 26.4 Å². The number of halogens is 1. The minimum atomic E-state index is 0.563. The molecule has 0 saturated heterocycles. The van der Waals surface area contributed by atoms with Crippen molar-refractivity contribution in [3.8, 4) is 0 Å². The monoisotopic (exact) mass is 174 g/mol. The molecular formula is C3H3BrN4. The number of hydrogen-bond acceptors (Lipinski definition) is 3. The first kappa shape index (κ1) is 5.43. The van der Waals surface area contributed by atoms with Gasteiger partial charge in [0.05, 0.1) is 0 Å². The summed E-state index contributed by atoms with van der Waals surface area (Å²) in [7, 11) is 0. The summed E-state index contributed by atoms with van der Waals surface area (Å²) in [5.41, 5.74) is 0. The first-order chi connectivity index (χ1) is 3.84. The van der Waals surface area contributed by atoms with Crippen LogP contribution in [0.3, 0.4) is 0 Å². The van der Waals surface area contributed by atoms with Gasteiger partial charge in [-0.15, -0.1) is 5.10 Å². The van der Waals surface area contributed by atoms with E-state index in [0.29, 0.717) is 4.73 Å². The Bertz CT molecular complexity index is 193. The molecule has 0 atom stereocenters. The summed E-state index contributed by atoms with van der Waals surface area (Å²) in [6.07, 6.45) is 1.50. The van der Waals surface area contributed by atoms with Crippen LogP contribution in [0.1, 0.15) is 0 Å². The van der Waals surface area contributed by atoms with Crippen LogP contribution in [-0.4, -0.2) is 20.2 Å². The van der Waals surface area contributed by atoms with E-state index >= 15 is 0 Å². The van der Waals surface area contributed by atoms with E-state index in [2.05, 4.69) is 38.0 Å². The second-order valence-corrected chi connectivity index (χ2v) is 1.78. The maximum atomic E-state index is 3.53. The first-order valence-corrected chi connectivity index (χ1v) is 2.70. The van der Waals surface area contributed by atoms with E-state index in [1.807, 2.05) is 0 Å². The molecule has 0 aliphatic carbocycles. The van der Waals surface area contributed by atoms with Gasteiger partial charge in [-0.1, -0.05) is 6.58 Å². The Labute approximate surface area is 54.3 Å². The fourth-order valence-electron chi connectivity index (χ4n) is 0.295. The van der Waals surface area contributed by atoms with E-state index in [4.69, 9.17) is 0 Å². The van der Waals surface area contributed by atoms with E-state index < -0.39 is 0 Å². The van der Waals surface area contributed by atoms with E-state index in [0.717, 1.165) is 0 Å². The minimum absolute atomic E-state index is 0.563. The number of tetrazole rings is 1. The van der Waals surface area contributed by atoms with Crippen LogP contribution in [0.2, 0.25) is 0 Å². The number of nitrogens with zero attached hydrogens (tertiary/aromatic N) is 4. The highest BCUT2D eigenvalue weighted by atomic mass is 79.9. The Hall–Kier alpha value is -0.710. The van der Waals surface area contributed by atoms with Crippen LogP contribution in [0.5, 0.6) is 0 Å². The second-order valence-electron chi connectivity index (χ2n) is 1.08. The topological polar surface area (TPSA) is 43.6 Å². The van der Waals surface area contributed by atoms with Crippen LogP contribution >= 0.6 is 15.9 Å². The summed E-state index contributed by atoms with van der Waals surface area (Å²) in [5.74, 6) is 0. The van der Waals surface area contributed by atoms with E-state index in [1.165, 1.54) is 10.9 Å². The highest BCUT2D eigenvalue weighted by molar-refractivity contribution is 9.10. The molecule has 1 aromatic heterocycles. The average Bonchev–Trinajstić information content (AvgIpc) is 2.14. The zero-order valence-corrected chi connectivity index (χ0v) is 5.54. The smallest absolute Gasteiger partial charge is 0.195 e. The molecule has 4 nitrogen and oxygen atoms in total. The molecule has 0 spiro atoms. The van der Waals surface area contributed by atoms with Crippen molar-refractivity contribution in [3.63, 3.8) is 0 Å². The van der Waals surface area contributed by atoms with Crippen LogP contribution in [0.25, 0.3) is 6.20 Å². The molecule has 0 fully saturated rings. The van der Waals surface area contributed by atoms with Crippen molar-refractivity contribution in [2.45, 2.75) is 0 Å². The largest absolute Gasteiger partial charge is 0.222 e. The fourth-order valence-corrected chi connectivity index (χ4v) is 0.581. The Morgan fingerprint density at radius 1 is 1.75 bits per heavy atom. The maximum absolute atomic E-state index is 3.53. The van der Waals surface area contributed by atoms with E-state index in [9.17, 15) is 0 Å². The van der Waals surface area contributed by atoms with E-state index in [-0.39, 0.29) is 0 Å². The average molecular weight is 175 g/mol. The summed E-state index contributed by atoms with van der Waals surface area (Å²) in [6.45, 7) is 3.45. The highest BCUT2D eigenvalue weighted by Gasteiger charge is 1.92. The minimum Gasteiger partial charge on any atom is -0.195 e. The van der Waals surface area contributed by atoms with Crippen LogP contribution in [0.15, 0.2) is 11.3 Å². The van der Waals surface area contributed by atoms with Crippen molar-refractivity contribution in [3.05, 3.63) is 11.3 Å². The van der Waals surface area contributed by atoms with Crippen LogP contribution in [0, 0.1) is 0 Å². The molecule has 0 radical (unpaired) electrons. The van der Waals surface area contributed by atoms with Gasteiger partial charge in [0.25, 0.3) is 0 Å². The van der Waals surface area contributed by atoms with Crippen molar-refractivity contribution in [1.82, 2.24) is 20.2 Å². The predicted octanol–water partition coefficient (Wildman–Crippen LogP) is 0.536. The van der Waals surface area contributed by atoms with Gasteiger partial charge >= 0.3 is 0 Å². The van der Waals surface area contributed by atoms with Crippen LogP contribution in [0.4, 0.5) is 0 Å². The van der Waals surface area contributed by atoms with E-state index in [1.54, 1.807) is 0 Å². The SMILES string of the molecule is C=Cn1nnnc1Br. The molecule has 0 aliphatic rings. The molecule has 0 bridgehead atoms. The third kappa shape index (κ3) is 0.764. The van der Waals surface area contributed by atoms with Gasteiger partial charge in [-0.25, -0.2) is 0 Å². The Balaban J connectivity index is 3.09. The molecule has 0 unspecified atom stereocenters. The molecule has 8 heavy (non-hydrogen) atoms. The van der Waals surface area contributed by atoms with Crippen LogP contribution < -0.4 is 0 Å². The number of hydrogen-bond donors (Lipinski definition) is 0. The molecule has 0 saturated carbocycles. The van der Waals surface area contributed by atoms with Gasteiger partial charge < -0.3 is 0 Å². The Kier molecular flexibility index (Phi) is 1.38. The van der Waals surface area contributed by atoms with Crippen molar-refractivity contribution in [1.29, 1.82) is 0 Å². The zero-order chi connectivity index (χ0) is 5.98. The Morgan fingerprint density at radius 3 is 2.75 bits per heavy atom. The molecule has 1 rings (SSSR count). The molecule has 1 heterocycles. The lowest BCUT2D eigenvalue weighted by molar-refractivity contribution is 0.816. The third-order valence-electron chi connectivity index (χ3n) is 0.626. The van der Waals surface area contributed by atoms with Gasteiger partial charge in [0.2, 0.25) is 4.73 Å². The number of rotatable bonds is 1. The van der Waals surface area contributed by atoms with Gasteiger partial charge in [-0.3, -0.25) is 0 Å². The zero-order valence-electron chi connectivity index (χ0n) is 3.95. The maximum Gasteiger partial charge on any atom is 0.222 e. The highest BCUT2D eigenvalue weighted by Crippen LogP contribution is 1.99. The molecule has 1 aromatic rings. The van der Waals surface area contributed by atoms with Crippen molar-refractivity contribution in [2.24, 2.45) is 0 Å². The lowest BCUT2D eigenvalue weighted by atomic mass is 11.0. The molecule has 0 N–H and O–H groups in total. The second kappa shape index (κ2) is 2.04. The fraction of sp³-hybridized carbons (Fsp3) is 0. The van der Waals surface area contributed by atoms with Crippen molar-refractivity contribution < 1.29 is 0 Å². The molecule has 0 aromatic carbocycles. The summed E-state index contributed by atoms with van der Waals surface area (Å²) in [5, 5.41) is 10.4. The van der Waals surface area contributed by atoms with Gasteiger partial charge in [-0.2, -0.15) is 4.68 Å². The number of aromatic nitrogens is 4. The Morgan fingerprint density at radius 2 is 2.50 bits per heavy atom. The lowest BCUT2D eigenvalue weighted by Crippen LogP contribution is -1.86. The predicted molar refractivity (Wildman–Crippen MR) is 31.9 cm³/mol. The summed E-state index contributed by atoms with van der Waals surface area (Å²) >= 11 is 3.08. The van der Waals surface area contributed by atoms with Crippen molar-refractivity contribution >= 4 is 22.1 Å². The molecule has 42 valence electrons. The van der Waals surface area contributed by atoms with Crippen molar-refractivity contribution in [2.75, 3.05) is 0 Å². The van der Waals surface area contributed by atoms with Gasteiger partial charge in [0.15, 0.2) is 0 Å². The lowest BCUT2D eigenvalue weighted by Gasteiger charge is -1.82. The molecule has 0 aliphatic heterocycles. The quantitative estimate of drug-likeness (QED) is 0.625. The standard InChI is InChI=1S/C3H3BrN4/c1-2-8-3(4)5-6-7-8/h2H,1H2. The molecule has 0 amide bonds. The summed E-state index contributed by atoms with van der Waals surface area (Å²) in [6, 6.07) is 0. The van der Waals surface area contributed by atoms with Crippen LogP contribution in [-0.2, 0) is 0 Å². The normalized spacial score (nSPS) is 9.12. The summed E-state index contributed by atoms with van der Waals surface area (Å²) < 4.78 is 1.98. The molecule has 5 heteroatoms. The van der Waals surface area contributed by atoms with Gasteiger partial charge in [0, 0.05) is 6.20 Å². The first-order valence-electron chi connectivity index (χ1n) is 1.90. The third-order valence-corrected chi connectivity index (χ3v) is 1.15. The van der Waals surface area contributed by atoms with Gasteiger partial charge in [0.1, 0.15) is 0 Å².